The Kier molecular flexibility index (Phi) is 4.68. The lowest BCUT2D eigenvalue weighted by Gasteiger charge is -2.26. The molecule has 0 aliphatic rings. The smallest absolute Gasteiger partial charge is 0.287 e. The molecule has 0 saturated carbocycles. The second kappa shape index (κ2) is 5.59. The van der Waals surface area contributed by atoms with Crippen molar-refractivity contribution in [2.45, 2.75) is 13.0 Å². The van der Waals surface area contributed by atoms with Crippen LogP contribution < -0.4 is 10.5 Å². The number of hydrogen-bond donors (Lipinski definition) is 0. The highest BCUT2D eigenvalue weighted by atomic mass is 35.5. The van der Waals surface area contributed by atoms with E-state index >= 15 is 0 Å². The van der Waals surface area contributed by atoms with E-state index in [9.17, 15) is 4.79 Å². The van der Waals surface area contributed by atoms with Gasteiger partial charge in [0.15, 0.2) is 0 Å². The van der Waals surface area contributed by atoms with Crippen molar-refractivity contribution in [2.24, 2.45) is 7.05 Å². The van der Waals surface area contributed by atoms with Gasteiger partial charge in [-0.2, -0.15) is 16.9 Å². The second-order valence-electron chi connectivity index (χ2n) is 3.69. The molecule has 1 atom stereocenters. The van der Waals surface area contributed by atoms with E-state index in [1.54, 1.807) is 25.0 Å². The zero-order chi connectivity index (χ0) is 12.3. The SMILES string of the molecule is CSCC(C)N(C)c1cnn(C)c(=O)c1Cl. The zero-order valence-corrected chi connectivity index (χ0v) is 11.5. The fourth-order valence-corrected chi connectivity index (χ4v) is 2.35. The van der Waals surface area contributed by atoms with Crippen molar-refractivity contribution in [2.75, 3.05) is 24.0 Å². The van der Waals surface area contributed by atoms with Gasteiger partial charge in [-0.15, -0.1) is 0 Å². The number of aromatic nitrogens is 2. The minimum atomic E-state index is -0.262. The topological polar surface area (TPSA) is 38.1 Å². The maximum Gasteiger partial charge on any atom is 0.287 e. The minimum absolute atomic E-state index is 0.230. The molecule has 1 unspecified atom stereocenters. The first-order chi connectivity index (χ1) is 7.49. The molecule has 0 bridgehead atoms. The average Bonchev–Trinajstić information content (AvgIpc) is 2.26. The van der Waals surface area contributed by atoms with Crippen LogP contribution in [0.1, 0.15) is 6.92 Å². The first-order valence-corrected chi connectivity index (χ1v) is 6.69. The lowest BCUT2D eigenvalue weighted by Crippen LogP contribution is -2.33. The van der Waals surface area contributed by atoms with Crippen molar-refractivity contribution in [3.8, 4) is 0 Å². The van der Waals surface area contributed by atoms with Gasteiger partial charge >= 0.3 is 0 Å². The van der Waals surface area contributed by atoms with Gasteiger partial charge in [0.2, 0.25) is 0 Å². The fraction of sp³-hybridized carbons (Fsp3) is 0.600. The maximum atomic E-state index is 11.6. The van der Waals surface area contributed by atoms with Crippen LogP contribution in [0.5, 0.6) is 0 Å². The number of aryl methyl sites for hydroxylation is 1. The fourth-order valence-electron chi connectivity index (χ4n) is 1.34. The molecular weight excluding hydrogens is 246 g/mol. The monoisotopic (exact) mass is 261 g/mol. The van der Waals surface area contributed by atoms with Crippen LogP contribution in [-0.4, -0.2) is 34.9 Å². The third-order valence-electron chi connectivity index (χ3n) is 2.51. The van der Waals surface area contributed by atoms with E-state index in [2.05, 4.69) is 12.0 Å². The molecule has 0 saturated heterocycles. The third-order valence-corrected chi connectivity index (χ3v) is 3.68. The van der Waals surface area contributed by atoms with Gasteiger partial charge in [0, 0.05) is 25.9 Å². The van der Waals surface area contributed by atoms with Gasteiger partial charge in [0.05, 0.1) is 11.9 Å². The molecule has 4 nitrogen and oxygen atoms in total. The molecular formula is C10H16ClN3OS. The molecule has 0 N–H and O–H groups in total. The second-order valence-corrected chi connectivity index (χ2v) is 4.98. The summed E-state index contributed by atoms with van der Waals surface area (Å²) in [6.07, 6.45) is 3.68. The van der Waals surface area contributed by atoms with Gasteiger partial charge in [0.1, 0.15) is 5.02 Å². The van der Waals surface area contributed by atoms with E-state index in [0.717, 1.165) is 5.75 Å². The molecule has 1 aromatic rings. The van der Waals surface area contributed by atoms with Crippen molar-refractivity contribution >= 4 is 29.1 Å². The summed E-state index contributed by atoms with van der Waals surface area (Å²) in [6, 6.07) is 0.307. The summed E-state index contributed by atoms with van der Waals surface area (Å²) in [7, 11) is 3.51. The molecule has 0 amide bonds. The Balaban J connectivity index is 3.05. The Morgan fingerprint density at radius 3 is 2.88 bits per heavy atom. The lowest BCUT2D eigenvalue weighted by atomic mass is 10.3. The van der Waals surface area contributed by atoms with Crippen LogP contribution >= 0.6 is 23.4 Å². The van der Waals surface area contributed by atoms with Crippen molar-refractivity contribution in [3.63, 3.8) is 0 Å². The number of halogens is 1. The standard InChI is InChI=1S/C10H16ClN3OS/c1-7(6-16-4)13(2)8-5-12-14(3)10(15)9(8)11/h5,7H,6H2,1-4H3. The van der Waals surface area contributed by atoms with Crippen molar-refractivity contribution in [1.29, 1.82) is 0 Å². The van der Waals surface area contributed by atoms with Crippen LogP contribution in [0.15, 0.2) is 11.0 Å². The van der Waals surface area contributed by atoms with Gasteiger partial charge in [-0.1, -0.05) is 11.6 Å². The Morgan fingerprint density at radius 1 is 1.69 bits per heavy atom. The van der Waals surface area contributed by atoms with E-state index in [1.807, 2.05) is 18.2 Å². The van der Waals surface area contributed by atoms with Crippen LogP contribution in [0.4, 0.5) is 5.69 Å². The highest BCUT2D eigenvalue weighted by Gasteiger charge is 2.15. The zero-order valence-electron chi connectivity index (χ0n) is 9.90. The van der Waals surface area contributed by atoms with E-state index in [0.29, 0.717) is 11.7 Å². The van der Waals surface area contributed by atoms with Crippen molar-refractivity contribution < 1.29 is 0 Å². The summed E-state index contributed by atoms with van der Waals surface area (Å²) in [5.41, 5.74) is 0.425. The average molecular weight is 262 g/mol. The van der Waals surface area contributed by atoms with E-state index in [-0.39, 0.29) is 10.6 Å². The van der Waals surface area contributed by atoms with Gasteiger partial charge < -0.3 is 4.90 Å². The van der Waals surface area contributed by atoms with Crippen molar-refractivity contribution in [1.82, 2.24) is 9.78 Å². The Morgan fingerprint density at radius 2 is 2.31 bits per heavy atom. The summed E-state index contributed by atoms with van der Waals surface area (Å²) in [4.78, 5) is 13.6. The summed E-state index contributed by atoms with van der Waals surface area (Å²) in [5.74, 6) is 0.974. The Labute approximate surface area is 105 Å². The molecule has 0 fully saturated rings. The van der Waals surface area contributed by atoms with Gasteiger partial charge in [-0.3, -0.25) is 4.79 Å². The Bertz CT molecular complexity index is 421. The first-order valence-electron chi connectivity index (χ1n) is 4.92. The third kappa shape index (κ3) is 2.71. The minimum Gasteiger partial charge on any atom is -0.368 e. The van der Waals surface area contributed by atoms with Crippen LogP contribution in [0.25, 0.3) is 0 Å². The summed E-state index contributed by atoms with van der Waals surface area (Å²) in [5, 5.41) is 4.20. The molecule has 90 valence electrons. The van der Waals surface area contributed by atoms with E-state index in [1.165, 1.54) is 4.68 Å². The molecule has 16 heavy (non-hydrogen) atoms. The number of anilines is 1. The van der Waals surface area contributed by atoms with Gasteiger partial charge in [0.25, 0.3) is 5.56 Å². The van der Waals surface area contributed by atoms with Crippen LogP contribution in [0.2, 0.25) is 5.02 Å². The molecule has 1 heterocycles. The van der Waals surface area contributed by atoms with Crippen LogP contribution in [-0.2, 0) is 7.05 Å². The predicted octanol–water partition coefficient (Wildman–Crippen LogP) is 1.62. The molecule has 0 aliphatic heterocycles. The highest BCUT2D eigenvalue weighted by Crippen LogP contribution is 2.22. The van der Waals surface area contributed by atoms with Crippen LogP contribution in [0, 0.1) is 0 Å². The number of rotatable bonds is 4. The largest absolute Gasteiger partial charge is 0.368 e. The summed E-state index contributed by atoms with van der Waals surface area (Å²) < 4.78 is 1.24. The highest BCUT2D eigenvalue weighted by molar-refractivity contribution is 7.98. The van der Waals surface area contributed by atoms with Crippen LogP contribution in [0.3, 0.4) is 0 Å². The quantitative estimate of drug-likeness (QED) is 0.826. The van der Waals surface area contributed by atoms with E-state index in [4.69, 9.17) is 11.6 Å². The molecule has 0 aliphatic carbocycles. The van der Waals surface area contributed by atoms with Crippen molar-refractivity contribution in [3.05, 3.63) is 21.6 Å². The molecule has 0 aromatic carbocycles. The lowest BCUT2D eigenvalue weighted by molar-refractivity contribution is 0.694. The normalized spacial score (nSPS) is 12.6. The maximum absolute atomic E-state index is 11.6. The predicted molar refractivity (Wildman–Crippen MR) is 70.7 cm³/mol. The number of nitrogens with zero attached hydrogens (tertiary/aromatic N) is 3. The number of hydrogen-bond acceptors (Lipinski definition) is 4. The van der Waals surface area contributed by atoms with E-state index < -0.39 is 0 Å². The molecule has 1 aromatic heterocycles. The Hall–Kier alpha value is -0.680. The van der Waals surface area contributed by atoms with Gasteiger partial charge in [-0.05, 0) is 13.2 Å². The summed E-state index contributed by atoms with van der Waals surface area (Å²) >= 11 is 7.77. The first kappa shape index (κ1) is 13.4. The summed E-state index contributed by atoms with van der Waals surface area (Å²) in [6.45, 7) is 2.09. The molecule has 0 spiro atoms. The number of thioether (sulfide) groups is 1. The molecule has 1 rings (SSSR count). The molecule has 6 heteroatoms. The molecule has 0 radical (unpaired) electrons. The van der Waals surface area contributed by atoms with Gasteiger partial charge in [-0.25, -0.2) is 4.68 Å².